The van der Waals surface area contributed by atoms with E-state index in [-0.39, 0.29) is 17.3 Å². The Labute approximate surface area is 204 Å². The summed E-state index contributed by atoms with van der Waals surface area (Å²) in [5, 5.41) is 2.75. The third-order valence-electron chi connectivity index (χ3n) is 5.02. The van der Waals surface area contributed by atoms with E-state index in [2.05, 4.69) is 5.32 Å². The van der Waals surface area contributed by atoms with Gasteiger partial charge in [-0.3, -0.25) is 9.10 Å². The number of sulfonamides is 1. The highest BCUT2D eigenvalue weighted by molar-refractivity contribution is 7.98. The molecule has 0 saturated carbocycles. The summed E-state index contributed by atoms with van der Waals surface area (Å²) in [5.74, 6) is 0.829. The Morgan fingerprint density at radius 2 is 1.79 bits per heavy atom. The minimum atomic E-state index is -4.00. The van der Waals surface area contributed by atoms with Gasteiger partial charge < -0.3 is 10.1 Å². The van der Waals surface area contributed by atoms with Gasteiger partial charge in [0.1, 0.15) is 18.1 Å². The lowest BCUT2D eigenvalue weighted by molar-refractivity contribution is -0.119. The van der Waals surface area contributed by atoms with Crippen LogP contribution in [0.15, 0.2) is 77.7 Å². The van der Waals surface area contributed by atoms with Crippen molar-refractivity contribution in [2.45, 2.75) is 17.6 Å². The number of amides is 1. The smallest absolute Gasteiger partial charge is 0.264 e. The van der Waals surface area contributed by atoms with E-state index in [0.717, 1.165) is 9.87 Å². The molecule has 0 aliphatic carbocycles. The number of carbonyl (C=O) groups is 1. The number of thioether (sulfide) groups is 1. The highest BCUT2D eigenvalue weighted by Gasteiger charge is 2.27. The fraction of sp³-hybridized carbons (Fsp3) is 0.240. The van der Waals surface area contributed by atoms with Gasteiger partial charge in [-0.05, 0) is 42.8 Å². The Bertz CT molecular complexity index is 1220. The van der Waals surface area contributed by atoms with Crippen LogP contribution in [0.3, 0.4) is 0 Å². The van der Waals surface area contributed by atoms with Gasteiger partial charge in [-0.25, -0.2) is 12.8 Å². The van der Waals surface area contributed by atoms with Crippen molar-refractivity contribution in [3.05, 3.63) is 89.7 Å². The van der Waals surface area contributed by atoms with Gasteiger partial charge in [0.25, 0.3) is 10.0 Å². The topological polar surface area (TPSA) is 75.7 Å². The third-order valence-corrected chi connectivity index (χ3v) is 7.82. The van der Waals surface area contributed by atoms with Crippen LogP contribution in [-0.4, -0.2) is 40.3 Å². The van der Waals surface area contributed by atoms with Gasteiger partial charge >= 0.3 is 0 Å². The van der Waals surface area contributed by atoms with Crippen molar-refractivity contribution in [1.82, 2.24) is 5.32 Å². The second kappa shape index (κ2) is 11.9. The summed E-state index contributed by atoms with van der Waals surface area (Å²) in [7, 11) is -2.51. The zero-order chi connectivity index (χ0) is 24.6. The summed E-state index contributed by atoms with van der Waals surface area (Å²) in [4.78, 5) is 12.8. The maximum Gasteiger partial charge on any atom is 0.264 e. The number of nitrogens with zero attached hydrogens (tertiary/aromatic N) is 1. The van der Waals surface area contributed by atoms with Crippen molar-refractivity contribution < 1.29 is 22.3 Å². The maximum atomic E-state index is 13.7. The molecule has 0 spiro atoms. The fourth-order valence-corrected chi connectivity index (χ4v) is 5.42. The molecule has 0 unspecified atom stereocenters. The third kappa shape index (κ3) is 6.74. The lowest BCUT2D eigenvalue weighted by atomic mass is 10.2. The molecule has 0 bridgehead atoms. The van der Waals surface area contributed by atoms with Gasteiger partial charge in [0, 0.05) is 24.1 Å². The first kappa shape index (κ1) is 25.6. The van der Waals surface area contributed by atoms with Gasteiger partial charge in [-0.2, -0.15) is 11.8 Å². The number of methoxy groups -OCH3 is 1. The Balaban J connectivity index is 1.68. The molecule has 3 aromatic rings. The Morgan fingerprint density at radius 1 is 1.06 bits per heavy atom. The number of benzene rings is 3. The van der Waals surface area contributed by atoms with Crippen molar-refractivity contribution in [3.63, 3.8) is 0 Å². The van der Waals surface area contributed by atoms with Crippen LogP contribution in [0, 0.1) is 12.7 Å². The van der Waals surface area contributed by atoms with Crippen LogP contribution in [0.25, 0.3) is 0 Å². The van der Waals surface area contributed by atoms with E-state index < -0.39 is 15.9 Å². The SMILES string of the molecule is COc1cccc(N(CC(=O)NCCSCc2ccccc2F)S(=O)(=O)c2ccc(C)cc2)c1. The summed E-state index contributed by atoms with van der Waals surface area (Å²) in [6.45, 7) is 1.81. The summed E-state index contributed by atoms with van der Waals surface area (Å²) in [5.41, 5.74) is 1.86. The van der Waals surface area contributed by atoms with Crippen molar-refractivity contribution in [3.8, 4) is 5.75 Å². The first-order chi connectivity index (χ1) is 16.3. The predicted molar refractivity (Wildman–Crippen MR) is 134 cm³/mol. The summed E-state index contributed by atoms with van der Waals surface area (Å²) in [6.07, 6.45) is 0. The molecular formula is C25H27FN2O4S2. The molecular weight excluding hydrogens is 475 g/mol. The molecule has 0 radical (unpaired) electrons. The quantitative estimate of drug-likeness (QED) is 0.394. The van der Waals surface area contributed by atoms with Crippen LogP contribution in [0.2, 0.25) is 0 Å². The molecule has 1 N–H and O–H groups in total. The molecule has 34 heavy (non-hydrogen) atoms. The lowest BCUT2D eigenvalue weighted by Gasteiger charge is -2.24. The molecule has 1 amide bonds. The van der Waals surface area contributed by atoms with E-state index in [9.17, 15) is 17.6 Å². The van der Waals surface area contributed by atoms with Gasteiger partial charge in [0.05, 0.1) is 17.7 Å². The van der Waals surface area contributed by atoms with Crippen molar-refractivity contribution >= 4 is 33.4 Å². The van der Waals surface area contributed by atoms with Crippen molar-refractivity contribution in [2.75, 3.05) is 30.3 Å². The summed E-state index contributed by atoms with van der Waals surface area (Å²) < 4.78 is 46.8. The monoisotopic (exact) mass is 502 g/mol. The standard InChI is InChI=1S/C25H27FN2O4S2/c1-19-10-12-23(13-11-19)34(30,31)28(21-7-5-8-22(16-21)32-2)17-25(29)27-14-15-33-18-20-6-3-4-9-24(20)26/h3-13,16H,14-15,17-18H2,1-2H3,(H,27,29). The maximum absolute atomic E-state index is 13.7. The lowest BCUT2D eigenvalue weighted by Crippen LogP contribution is -2.41. The highest BCUT2D eigenvalue weighted by Crippen LogP contribution is 2.27. The van der Waals surface area contributed by atoms with E-state index in [0.29, 0.717) is 35.1 Å². The highest BCUT2D eigenvalue weighted by atomic mass is 32.2. The second-order valence-corrected chi connectivity index (χ2v) is 10.5. The molecule has 3 rings (SSSR count). The van der Waals surface area contributed by atoms with Crippen LogP contribution in [0.5, 0.6) is 5.75 Å². The van der Waals surface area contributed by atoms with Crippen molar-refractivity contribution in [2.24, 2.45) is 0 Å². The van der Waals surface area contributed by atoms with E-state index in [1.54, 1.807) is 54.6 Å². The zero-order valence-electron chi connectivity index (χ0n) is 19.0. The fourth-order valence-electron chi connectivity index (χ4n) is 3.16. The Hall–Kier alpha value is -3.04. The molecule has 6 nitrogen and oxygen atoms in total. The van der Waals surface area contributed by atoms with Crippen molar-refractivity contribution in [1.29, 1.82) is 0 Å². The van der Waals surface area contributed by atoms with E-state index >= 15 is 0 Å². The molecule has 0 fully saturated rings. The van der Waals surface area contributed by atoms with Gasteiger partial charge in [-0.15, -0.1) is 0 Å². The first-order valence-electron chi connectivity index (χ1n) is 10.6. The molecule has 9 heteroatoms. The number of aryl methyl sites for hydroxylation is 1. The molecule has 0 aromatic heterocycles. The number of nitrogens with one attached hydrogen (secondary N) is 1. The average Bonchev–Trinajstić information content (AvgIpc) is 2.83. The summed E-state index contributed by atoms with van der Waals surface area (Å²) >= 11 is 1.48. The minimum absolute atomic E-state index is 0.0918. The van der Waals surface area contributed by atoms with Crippen LogP contribution >= 0.6 is 11.8 Å². The van der Waals surface area contributed by atoms with Gasteiger partial charge in [0.2, 0.25) is 5.91 Å². The molecule has 0 atom stereocenters. The second-order valence-electron chi connectivity index (χ2n) is 7.52. The normalized spacial score (nSPS) is 11.1. The number of ether oxygens (including phenoxy) is 1. The van der Waals surface area contributed by atoms with Crippen LogP contribution < -0.4 is 14.4 Å². The molecule has 0 aliphatic rings. The van der Waals surface area contributed by atoms with E-state index in [1.165, 1.54) is 37.1 Å². The Morgan fingerprint density at radius 3 is 2.50 bits per heavy atom. The van der Waals surface area contributed by atoms with E-state index in [1.807, 2.05) is 6.92 Å². The zero-order valence-corrected chi connectivity index (χ0v) is 20.7. The van der Waals surface area contributed by atoms with Crippen LogP contribution in [0.1, 0.15) is 11.1 Å². The predicted octanol–water partition coefficient (Wildman–Crippen LogP) is 4.39. The van der Waals surface area contributed by atoms with Gasteiger partial charge in [0.15, 0.2) is 0 Å². The number of carbonyl (C=O) groups excluding carboxylic acids is 1. The largest absolute Gasteiger partial charge is 0.497 e. The van der Waals surface area contributed by atoms with E-state index in [4.69, 9.17) is 4.74 Å². The number of rotatable bonds is 11. The minimum Gasteiger partial charge on any atom is -0.497 e. The van der Waals surface area contributed by atoms with Crippen LogP contribution in [-0.2, 0) is 20.6 Å². The first-order valence-corrected chi connectivity index (χ1v) is 13.2. The number of hydrogen-bond acceptors (Lipinski definition) is 5. The van der Waals surface area contributed by atoms with Gasteiger partial charge in [-0.1, -0.05) is 42.0 Å². The molecule has 0 heterocycles. The number of halogens is 1. The molecule has 3 aromatic carbocycles. The molecule has 0 aliphatic heterocycles. The van der Waals surface area contributed by atoms with Crippen LogP contribution in [0.4, 0.5) is 10.1 Å². The molecule has 180 valence electrons. The molecule has 0 saturated heterocycles. The average molecular weight is 503 g/mol. The number of anilines is 1. The number of hydrogen-bond donors (Lipinski definition) is 1. The Kier molecular flexibility index (Phi) is 8.95. The summed E-state index contributed by atoms with van der Waals surface area (Å²) in [6, 6.07) is 19.6.